The van der Waals surface area contributed by atoms with Gasteiger partial charge in [-0.1, -0.05) is 24.6 Å². The number of rotatable bonds is 4. The number of nitrogens with zero attached hydrogens (tertiary/aromatic N) is 1. The van der Waals surface area contributed by atoms with E-state index in [-0.39, 0.29) is 0 Å². The van der Waals surface area contributed by atoms with Gasteiger partial charge < -0.3 is 4.74 Å². The summed E-state index contributed by atoms with van der Waals surface area (Å²) >= 11 is 7.46. The summed E-state index contributed by atoms with van der Waals surface area (Å²) in [6, 6.07) is 14.9. The predicted molar refractivity (Wildman–Crippen MR) is 79.1 cm³/mol. The van der Waals surface area contributed by atoms with Gasteiger partial charge in [0.2, 0.25) is 0 Å². The number of nitriles is 1. The van der Waals surface area contributed by atoms with Gasteiger partial charge in [0.25, 0.3) is 0 Å². The Morgan fingerprint density at radius 2 is 1.95 bits per heavy atom. The standard InChI is InChI=1S/C15H12ClNOS/c1-2-19-15-5-3-4-14(13(15)10-17)18-12-8-6-11(16)7-9-12/h3-9H,2H2,1H3. The number of hydrogen-bond acceptors (Lipinski definition) is 3. The third-order valence-corrected chi connectivity index (χ3v) is 3.63. The second-order valence-corrected chi connectivity index (χ2v) is 5.47. The molecule has 0 aromatic heterocycles. The van der Waals surface area contributed by atoms with Gasteiger partial charge in [-0.25, -0.2) is 0 Å². The number of ether oxygens (including phenoxy) is 1. The molecular weight excluding hydrogens is 278 g/mol. The molecule has 0 aliphatic rings. The topological polar surface area (TPSA) is 33.0 Å². The van der Waals surface area contributed by atoms with Crippen molar-refractivity contribution in [3.05, 3.63) is 53.1 Å². The summed E-state index contributed by atoms with van der Waals surface area (Å²) in [7, 11) is 0. The molecule has 19 heavy (non-hydrogen) atoms. The minimum Gasteiger partial charge on any atom is -0.456 e. The zero-order chi connectivity index (χ0) is 13.7. The average Bonchev–Trinajstić information content (AvgIpc) is 2.42. The highest BCUT2D eigenvalue weighted by atomic mass is 35.5. The van der Waals surface area contributed by atoms with E-state index in [2.05, 4.69) is 13.0 Å². The molecule has 0 bridgehead atoms. The Kier molecular flexibility index (Phi) is 4.73. The summed E-state index contributed by atoms with van der Waals surface area (Å²) in [5.74, 6) is 2.15. The van der Waals surface area contributed by atoms with Crippen LogP contribution in [0.15, 0.2) is 47.4 Å². The normalized spacial score (nSPS) is 9.95. The second-order valence-electron chi connectivity index (χ2n) is 3.73. The van der Waals surface area contributed by atoms with E-state index in [1.807, 2.05) is 12.1 Å². The molecule has 0 saturated carbocycles. The quantitative estimate of drug-likeness (QED) is 0.733. The van der Waals surface area contributed by atoms with Gasteiger partial charge in [0.15, 0.2) is 0 Å². The van der Waals surface area contributed by atoms with Gasteiger partial charge >= 0.3 is 0 Å². The van der Waals surface area contributed by atoms with E-state index >= 15 is 0 Å². The molecular formula is C15H12ClNOS. The second kappa shape index (κ2) is 6.51. The lowest BCUT2D eigenvalue weighted by atomic mass is 10.2. The van der Waals surface area contributed by atoms with Crippen molar-refractivity contribution in [3.63, 3.8) is 0 Å². The molecule has 96 valence electrons. The molecule has 2 aromatic rings. The van der Waals surface area contributed by atoms with Crippen molar-refractivity contribution >= 4 is 23.4 Å². The Hall–Kier alpha value is -1.63. The largest absolute Gasteiger partial charge is 0.456 e. The van der Waals surface area contributed by atoms with E-state index in [1.165, 1.54) is 0 Å². The summed E-state index contributed by atoms with van der Waals surface area (Å²) in [6.45, 7) is 2.05. The fraction of sp³-hybridized carbons (Fsp3) is 0.133. The van der Waals surface area contributed by atoms with E-state index in [1.54, 1.807) is 42.1 Å². The van der Waals surface area contributed by atoms with Gasteiger partial charge in [-0.15, -0.1) is 11.8 Å². The maximum absolute atomic E-state index is 9.28. The van der Waals surface area contributed by atoms with Crippen LogP contribution in [-0.4, -0.2) is 5.75 Å². The van der Waals surface area contributed by atoms with Crippen LogP contribution in [-0.2, 0) is 0 Å². The molecule has 0 N–H and O–H groups in total. The molecule has 0 spiro atoms. The Morgan fingerprint density at radius 3 is 2.58 bits per heavy atom. The molecule has 2 rings (SSSR count). The van der Waals surface area contributed by atoms with Crippen LogP contribution in [0.4, 0.5) is 0 Å². The van der Waals surface area contributed by atoms with Crippen molar-refractivity contribution in [2.45, 2.75) is 11.8 Å². The molecule has 0 saturated heterocycles. The Balaban J connectivity index is 2.32. The fourth-order valence-corrected chi connectivity index (χ4v) is 2.51. The molecule has 2 aromatic carbocycles. The lowest BCUT2D eigenvalue weighted by molar-refractivity contribution is 0.479. The van der Waals surface area contributed by atoms with Gasteiger partial charge in [-0.05, 0) is 42.2 Å². The zero-order valence-electron chi connectivity index (χ0n) is 10.4. The monoisotopic (exact) mass is 289 g/mol. The van der Waals surface area contributed by atoms with Gasteiger partial charge in [0.05, 0.1) is 0 Å². The van der Waals surface area contributed by atoms with Crippen LogP contribution in [0.25, 0.3) is 0 Å². The van der Waals surface area contributed by atoms with Crippen LogP contribution in [0.5, 0.6) is 11.5 Å². The van der Waals surface area contributed by atoms with Crippen molar-refractivity contribution in [2.75, 3.05) is 5.75 Å². The van der Waals surface area contributed by atoms with E-state index in [9.17, 15) is 5.26 Å². The van der Waals surface area contributed by atoms with E-state index < -0.39 is 0 Å². The third-order valence-electron chi connectivity index (χ3n) is 2.44. The summed E-state index contributed by atoms with van der Waals surface area (Å²) in [6.07, 6.45) is 0. The highest BCUT2D eigenvalue weighted by Gasteiger charge is 2.10. The molecule has 4 heteroatoms. The number of hydrogen-bond donors (Lipinski definition) is 0. The smallest absolute Gasteiger partial charge is 0.146 e. The molecule has 0 heterocycles. The summed E-state index contributed by atoms with van der Waals surface area (Å²) in [5.41, 5.74) is 0.573. The van der Waals surface area contributed by atoms with Crippen molar-refractivity contribution in [3.8, 4) is 17.6 Å². The van der Waals surface area contributed by atoms with Crippen LogP contribution in [0.3, 0.4) is 0 Å². The first-order valence-electron chi connectivity index (χ1n) is 5.84. The van der Waals surface area contributed by atoms with Crippen LogP contribution in [0, 0.1) is 11.3 Å². The fourth-order valence-electron chi connectivity index (χ4n) is 1.61. The maximum atomic E-state index is 9.28. The van der Waals surface area contributed by atoms with Crippen LogP contribution in [0.2, 0.25) is 5.02 Å². The molecule has 0 atom stereocenters. The van der Waals surface area contributed by atoms with Crippen LogP contribution >= 0.6 is 23.4 Å². The maximum Gasteiger partial charge on any atom is 0.146 e. The van der Waals surface area contributed by atoms with Gasteiger partial charge in [0, 0.05) is 9.92 Å². The van der Waals surface area contributed by atoms with E-state index in [0.717, 1.165) is 10.6 Å². The van der Waals surface area contributed by atoms with Crippen LogP contribution < -0.4 is 4.74 Å². The number of thioether (sulfide) groups is 1. The molecule has 0 fully saturated rings. The first kappa shape index (κ1) is 13.8. The zero-order valence-corrected chi connectivity index (χ0v) is 12.0. The van der Waals surface area contributed by atoms with Crippen molar-refractivity contribution in [1.29, 1.82) is 5.26 Å². The highest BCUT2D eigenvalue weighted by molar-refractivity contribution is 7.99. The summed E-state index contributed by atoms with van der Waals surface area (Å²) < 4.78 is 5.75. The van der Waals surface area contributed by atoms with Crippen molar-refractivity contribution in [1.82, 2.24) is 0 Å². The average molecular weight is 290 g/mol. The van der Waals surface area contributed by atoms with Gasteiger partial charge in [-0.3, -0.25) is 0 Å². The van der Waals surface area contributed by atoms with Gasteiger partial charge in [-0.2, -0.15) is 5.26 Å². The minimum atomic E-state index is 0.572. The molecule has 0 aliphatic carbocycles. The molecule has 0 radical (unpaired) electrons. The lowest BCUT2D eigenvalue weighted by Crippen LogP contribution is -1.90. The molecule has 0 amide bonds. The summed E-state index contributed by atoms with van der Waals surface area (Å²) in [4.78, 5) is 0.941. The third kappa shape index (κ3) is 3.44. The SMILES string of the molecule is CCSc1cccc(Oc2ccc(Cl)cc2)c1C#N. The summed E-state index contributed by atoms with van der Waals surface area (Å²) in [5, 5.41) is 9.94. The van der Waals surface area contributed by atoms with E-state index in [0.29, 0.717) is 22.1 Å². The predicted octanol–water partition coefficient (Wildman–Crippen LogP) is 5.12. The number of halogens is 1. The Bertz CT molecular complexity index is 605. The molecule has 2 nitrogen and oxygen atoms in total. The highest BCUT2D eigenvalue weighted by Crippen LogP contribution is 2.32. The molecule has 0 unspecified atom stereocenters. The van der Waals surface area contributed by atoms with Crippen molar-refractivity contribution in [2.24, 2.45) is 0 Å². The molecule has 0 aliphatic heterocycles. The first-order valence-corrected chi connectivity index (χ1v) is 7.20. The Morgan fingerprint density at radius 1 is 1.21 bits per heavy atom. The van der Waals surface area contributed by atoms with E-state index in [4.69, 9.17) is 16.3 Å². The van der Waals surface area contributed by atoms with Crippen molar-refractivity contribution < 1.29 is 4.74 Å². The van der Waals surface area contributed by atoms with Crippen LogP contribution in [0.1, 0.15) is 12.5 Å². The first-order chi connectivity index (χ1) is 9.24. The Labute approximate surface area is 122 Å². The van der Waals surface area contributed by atoms with Gasteiger partial charge in [0.1, 0.15) is 23.1 Å². The number of benzene rings is 2. The lowest BCUT2D eigenvalue weighted by Gasteiger charge is -2.10. The minimum absolute atomic E-state index is 0.572.